The average Bonchev–Trinajstić information content (AvgIpc) is 2.58. The molecule has 32 heavy (non-hydrogen) atoms. The summed E-state index contributed by atoms with van der Waals surface area (Å²) in [6.45, 7) is 20.3. The molecule has 0 spiro atoms. The zero-order valence-corrected chi connectivity index (χ0v) is 21.3. The van der Waals surface area contributed by atoms with Crippen LogP contribution in [0.1, 0.15) is 68.2 Å². The molecule has 0 aromatic carbocycles. The highest BCUT2D eigenvalue weighted by Gasteiger charge is 2.28. The number of carbonyl (C=O) groups is 1. The topological polar surface area (TPSA) is 83.7 Å². The highest BCUT2D eigenvalue weighted by atomic mass is 19.3. The van der Waals surface area contributed by atoms with E-state index in [-0.39, 0.29) is 11.3 Å². The lowest BCUT2D eigenvalue weighted by molar-refractivity contribution is -0.00995. The molecule has 0 bridgehead atoms. The summed E-state index contributed by atoms with van der Waals surface area (Å²) in [5, 5.41) is 11.5. The molecule has 0 aromatic heterocycles. The van der Waals surface area contributed by atoms with E-state index >= 15 is 0 Å². The number of hydrogen-bond donors (Lipinski definition) is 4. The van der Waals surface area contributed by atoms with Gasteiger partial charge < -0.3 is 30.7 Å². The predicted octanol–water partition coefficient (Wildman–Crippen LogP) is 4.01. The summed E-state index contributed by atoms with van der Waals surface area (Å²) in [5.41, 5.74) is -1.13. The Hall–Kier alpha value is -1.61. The van der Waals surface area contributed by atoms with Gasteiger partial charge in [-0.05, 0) is 79.5 Å². The van der Waals surface area contributed by atoms with Gasteiger partial charge in [-0.25, -0.2) is 13.6 Å². The molecule has 0 radical (unpaired) electrons. The first-order chi connectivity index (χ1) is 14.4. The van der Waals surface area contributed by atoms with Crippen molar-refractivity contribution in [1.82, 2.24) is 21.3 Å². The number of alkyl carbamates (subject to hydrolysis) is 1. The number of carbonyl (C=O) groups excluding carboxylic acids is 1. The van der Waals surface area contributed by atoms with Crippen molar-refractivity contribution < 1.29 is 23.0 Å². The number of rotatable bonds is 15. The molecule has 0 saturated heterocycles. The number of hydrogen-bond acceptors (Lipinski definition) is 6. The molecule has 0 fully saturated rings. The summed E-state index contributed by atoms with van der Waals surface area (Å²) >= 11 is 0. The second-order valence-electron chi connectivity index (χ2n) is 10.9. The Kier molecular flexibility index (Phi) is 12.5. The van der Waals surface area contributed by atoms with Gasteiger partial charge in [-0.3, -0.25) is 0 Å². The standard InChI is InChI=1S/C23H46F2N4O3/c1-18(31-20(2,3)4)28-17-23(24,25)16-27-13-11-10-12-26-14-22(8,9)15-29-19(30)32-21(5,6)7/h26-28H,1,10-17H2,2-9H3,(H,29,30). The van der Waals surface area contributed by atoms with Crippen LogP contribution in [0.5, 0.6) is 0 Å². The molecule has 7 nitrogen and oxygen atoms in total. The first-order valence-electron chi connectivity index (χ1n) is 11.3. The van der Waals surface area contributed by atoms with Gasteiger partial charge in [0.05, 0.1) is 13.1 Å². The van der Waals surface area contributed by atoms with Crippen molar-refractivity contribution in [3.05, 3.63) is 12.5 Å². The molecule has 0 atom stereocenters. The first-order valence-corrected chi connectivity index (χ1v) is 11.3. The van der Waals surface area contributed by atoms with E-state index < -0.39 is 36.3 Å². The summed E-state index contributed by atoms with van der Waals surface area (Å²) in [4.78, 5) is 11.8. The molecular weight excluding hydrogens is 418 g/mol. The maximum Gasteiger partial charge on any atom is 0.407 e. The minimum Gasteiger partial charge on any atom is -0.474 e. The highest BCUT2D eigenvalue weighted by molar-refractivity contribution is 5.67. The summed E-state index contributed by atoms with van der Waals surface area (Å²) in [5.74, 6) is -2.75. The lowest BCUT2D eigenvalue weighted by Crippen LogP contribution is -2.42. The average molecular weight is 465 g/mol. The van der Waals surface area contributed by atoms with Crippen LogP contribution in [0.2, 0.25) is 0 Å². The Labute approximate surface area is 193 Å². The van der Waals surface area contributed by atoms with Crippen LogP contribution in [0.15, 0.2) is 12.5 Å². The van der Waals surface area contributed by atoms with Gasteiger partial charge in [0, 0.05) is 13.1 Å². The van der Waals surface area contributed by atoms with E-state index in [1.54, 1.807) is 0 Å². The molecule has 4 N–H and O–H groups in total. The van der Waals surface area contributed by atoms with Gasteiger partial charge in [-0.15, -0.1) is 0 Å². The summed E-state index contributed by atoms with van der Waals surface area (Å²) in [7, 11) is 0. The SMILES string of the molecule is C=C(NCC(F)(F)CNCCCCNCC(C)(C)CNC(=O)OC(C)(C)C)OC(C)(C)C. The summed E-state index contributed by atoms with van der Waals surface area (Å²) in [6.07, 6.45) is 1.23. The van der Waals surface area contributed by atoms with Crippen LogP contribution >= 0.6 is 0 Å². The van der Waals surface area contributed by atoms with Crippen molar-refractivity contribution in [2.45, 2.75) is 85.4 Å². The third kappa shape index (κ3) is 19.1. The lowest BCUT2D eigenvalue weighted by atomic mass is 9.93. The molecule has 190 valence electrons. The number of ether oxygens (including phenoxy) is 2. The van der Waals surface area contributed by atoms with Gasteiger partial charge >= 0.3 is 6.09 Å². The van der Waals surface area contributed by atoms with Crippen LogP contribution < -0.4 is 21.3 Å². The zero-order chi connectivity index (χ0) is 25.1. The summed E-state index contributed by atoms with van der Waals surface area (Å²) in [6, 6.07) is 0. The van der Waals surface area contributed by atoms with Gasteiger partial charge in [0.15, 0.2) is 5.88 Å². The van der Waals surface area contributed by atoms with Crippen molar-refractivity contribution in [3.8, 4) is 0 Å². The maximum absolute atomic E-state index is 13.9. The minimum absolute atomic E-state index is 0.134. The van der Waals surface area contributed by atoms with Gasteiger partial charge in [0.2, 0.25) is 0 Å². The number of halogens is 2. The Bertz CT molecular complexity index is 521. The van der Waals surface area contributed by atoms with Crippen molar-refractivity contribution in [2.24, 2.45) is 5.41 Å². The zero-order valence-electron chi connectivity index (χ0n) is 21.3. The molecule has 0 heterocycles. The number of nitrogens with one attached hydrogen (secondary N) is 4. The molecule has 0 aliphatic rings. The molecule has 0 aliphatic heterocycles. The maximum atomic E-state index is 13.9. The van der Waals surface area contributed by atoms with E-state index in [0.717, 1.165) is 25.9 Å². The van der Waals surface area contributed by atoms with E-state index in [4.69, 9.17) is 9.47 Å². The van der Waals surface area contributed by atoms with Gasteiger partial charge in [0.25, 0.3) is 5.92 Å². The fourth-order valence-electron chi connectivity index (χ4n) is 2.58. The second-order valence-corrected chi connectivity index (χ2v) is 10.9. The summed E-state index contributed by atoms with van der Waals surface area (Å²) < 4.78 is 38.5. The Morgan fingerprint density at radius 2 is 1.25 bits per heavy atom. The Balaban J connectivity index is 3.85. The molecule has 9 heteroatoms. The molecule has 0 unspecified atom stereocenters. The molecule has 0 aliphatic carbocycles. The molecule has 0 aromatic rings. The molecule has 0 rings (SSSR count). The first kappa shape index (κ1) is 30.4. The predicted molar refractivity (Wildman–Crippen MR) is 126 cm³/mol. The minimum atomic E-state index is -2.90. The van der Waals surface area contributed by atoms with Gasteiger partial charge in [0.1, 0.15) is 11.2 Å². The monoisotopic (exact) mass is 464 g/mol. The quantitative estimate of drug-likeness (QED) is 0.217. The normalized spacial score (nSPS) is 12.9. The second kappa shape index (κ2) is 13.2. The third-order valence-corrected chi connectivity index (χ3v) is 4.03. The highest BCUT2D eigenvalue weighted by Crippen LogP contribution is 2.15. The molecule has 1 amide bonds. The van der Waals surface area contributed by atoms with Crippen LogP contribution in [0.4, 0.5) is 13.6 Å². The fraction of sp³-hybridized carbons (Fsp3) is 0.870. The van der Waals surface area contributed by atoms with E-state index in [0.29, 0.717) is 13.1 Å². The smallest absolute Gasteiger partial charge is 0.407 e. The largest absolute Gasteiger partial charge is 0.474 e. The van der Waals surface area contributed by atoms with Gasteiger partial charge in [-0.1, -0.05) is 13.8 Å². The lowest BCUT2D eigenvalue weighted by Gasteiger charge is -2.27. The Morgan fingerprint density at radius 3 is 1.75 bits per heavy atom. The van der Waals surface area contributed by atoms with E-state index in [2.05, 4.69) is 41.7 Å². The van der Waals surface area contributed by atoms with E-state index in [1.807, 2.05) is 41.5 Å². The molecular formula is C23H46F2N4O3. The number of unbranched alkanes of at least 4 members (excludes halogenated alkanes) is 1. The van der Waals surface area contributed by atoms with Crippen molar-refractivity contribution in [2.75, 3.05) is 39.3 Å². The third-order valence-electron chi connectivity index (χ3n) is 4.03. The fourth-order valence-corrected chi connectivity index (χ4v) is 2.58. The van der Waals surface area contributed by atoms with Crippen LogP contribution in [0, 0.1) is 5.41 Å². The van der Waals surface area contributed by atoms with Crippen LogP contribution in [-0.2, 0) is 9.47 Å². The van der Waals surface area contributed by atoms with Crippen molar-refractivity contribution in [1.29, 1.82) is 0 Å². The van der Waals surface area contributed by atoms with Crippen molar-refractivity contribution in [3.63, 3.8) is 0 Å². The van der Waals surface area contributed by atoms with E-state index in [1.165, 1.54) is 0 Å². The Morgan fingerprint density at radius 1 is 0.750 bits per heavy atom. The molecule has 0 saturated carbocycles. The number of amides is 1. The van der Waals surface area contributed by atoms with Crippen LogP contribution in [0.3, 0.4) is 0 Å². The van der Waals surface area contributed by atoms with Crippen LogP contribution in [-0.4, -0.2) is 62.5 Å². The van der Waals surface area contributed by atoms with Crippen molar-refractivity contribution >= 4 is 6.09 Å². The van der Waals surface area contributed by atoms with Gasteiger partial charge in [-0.2, -0.15) is 0 Å². The van der Waals surface area contributed by atoms with E-state index in [9.17, 15) is 13.6 Å². The van der Waals surface area contributed by atoms with Crippen LogP contribution in [0.25, 0.3) is 0 Å². The number of alkyl halides is 2.